The Balaban J connectivity index is 2.72. The van der Waals surface area contributed by atoms with Crippen LogP contribution in [-0.4, -0.2) is 17.8 Å². The van der Waals surface area contributed by atoms with Gasteiger partial charge in [-0.1, -0.05) is 37.6 Å². The molecule has 0 saturated heterocycles. The van der Waals surface area contributed by atoms with Crippen LogP contribution >= 0.6 is 11.6 Å². The van der Waals surface area contributed by atoms with Crippen molar-refractivity contribution in [1.29, 1.82) is 0 Å². The van der Waals surface area contributed by atoms with Crippen LogP contribution in [-0.2, 0) is 0 Å². The zero-order valence-electron chi connectivity index (χ0n) is 8.50. The molecule has 0 amide bonds. The van der Waals surface area contributed by atoms with Crippen molar-refractivity contribution >= 4 is 17.3 Å². The van der Waals surface area contributed by atoms with E-state index in [0.717, 1.165) is 5.69 Å². The van der Waals surface area contributed by atoms with Gasteiger partial charge in [-0.2, -0.15) is 0 Å². The van der Waals surface area contributed by atoms with Crippen molar-refractivity contribution in [2.75, 3.05) is 11.9 Å². The second-order valence-electron chi connectivity index (χ2n) is 3.66. The molecule has 0 spiro atoms. The summed E-state index contributed by atoms with van der Waals surface area (Å²) in [5.74, 6) is 0.372. The number of halogens is 1. The van der Waals surface area contributed by atoms with Crippen LogP contribution in [0.1, 0.15) is 13.8 Å². The maximum atomic E-state index is 9.14. The van der Waals surface area contributed by atoms with Gasteiger partial charge in [-0.3, -0.25) is 0 Å². The highest BCUT2D eigenvalue weighted by Crippen LogP contribution is 2.22. The van der Waals surface area contributed by atoms with E-state index < -0.39 is 0 Å². The molecule has 0 saturated carbocycles. The van der Waals surface area contributed by atoms with Gasteiger partial charge in [0.05, 0.1) is 23.4 Å². The molecule has 1 rings (SSSR count). The maximum Gasteiger partial charge on any atom is 0.0637 e. The molecule has 2 nitrogen and oxygen atoms in total. The minimum atomic E-state index is 0.0508. The van der Waals surface area contributed by atoms with Crippen molar-refractivity contribution in [3.05, 3.63) is 29.3 Å². The lowest BCUT2D eigenvalue weighted by Crippen LogP contribution is -2.29. The average molecular weight is 214 g/mol. The van der Waals surface area contributed by atoms with E-state index in [4.69, 9.17) is 16.7 Å². The van der Waals surface area contributed by atoms with Crippen molar-refractivity contribution in [1.82, 2.24) is 0 Å². The third kappa shape index (κ3) is 2.89. The Morgan fingerprint density at radius 3 is 2.50 bits per heavy atom. The first kappa shape index (κ1) is 11.3. The standard InChI is InChI=1S/C11H16ClNO/c1-8(2)11(7-14)13-10-6-4-3-5-9(10)12/h3-6,8,11,13-14H,7H2,1-2H3. The molecule has 14 heavy (non-hydrogen) atoms. The third-order valence-electron chi connectivity index (χ3n) is 2.22. The van der Waals surface area contributed by atoms with Gasteiger partial charge in [0.2, 0.25) is 0 Å². The van der Waals surface area contributed by atoms with E-state index in [2.05, 4.69) is 19.2 Å². The molecule has 0 aromatic heterocycles. The molecule has 3 heteroatoms. The van der Waals surface area contributed by atoms with Gasteiger partial charge < -0.3 is 10.4 Å². The SMILES string of the molecule is CC(C)C(CO)Nc1ccccc1Cl. The second-order valence-corrected chi connectivity index (χ2v) is 4.06. The molecule has 1 atom stereocenters. The van der Waals surface area contributed by atoms with Gasteiger partial charge >= 0.3 is 0 Å². The molecule has 0 heterocycles. The smallest absolute Gasteiger partial charge is 0.0637 e. The Hall–Kier alpha value is -0.730. The molecule has 1 aromatic carbocycles. The fourth-order valence-corrected chi connectivity index (χ4v) is 1.39. The van der Waals surface area contributed by atoms with Crippen molar-refractivity contribution in [2.24, 2.45) is 5.92 Å². The Kier molecular flexibility index (Phi) is 4.23. The average Bonchev–Trinajstić information content (AvgIpc) is 2.16. The number of nitrogens with one attached hydrogen (secondary N) is 1. The molecule has 1 aromatic rings. The Morgan fingerprint density at radius 2 is 2.00 bits per heavy atom. The lowest BCUT2D eigenvalue weighted by Gasteiger charge is -2.21. The number of aliphatic hydroxyl groups excluding tert-OH is 1. The maximum absolute atomic E-state index is 9.14. The van der Waals surface area contributed by atoms with Crippen molar-refractivity contribution in [3.8, 4) is 0 Å². The van der Waals surface area contributed by atoms with Crippen LogP contribution in [0.25, 0.3) is 0 Å². The van der Waals surface area contributed by atoms with E-state index in [1.165, 1.54) is 0 Å². The van der Waals surface area contributed by atoms with Gasteiger partial charge in [-0.05, 0) is 18.1 Å². The Labute approximate surface area is 89.9 Å². The zero-order valence-corrected chi connectivity index (χ0v) is 9.25. The summed E-state index contributed by atoms with van der Waals surface area (Å²) in [6.45, 7) is 4.23. The van der Waals surface area contributed by atoms with Crippen molar-refractivity contribution < 1.29 is 5.11 Å². The first-order chi connectivity index (χ1) is 6.65. The van der Waals surface area contributed by atoms with Crippen LogP contribution in [0.4, 0.5) is 5.69 Å². The van der Waals surface area contributed by atoms with Crippen LogP contribution in [0.3, 0.4) is 0 Å². The summed E-state index contributed by atoms with van der Waals surface area (Å²) in [6, 6.07) is 7.60. The number of para-hydroxylation sites is 1. The van der Waals surface area contributed by atoms with Crippen LogP contribution in [0.15, 0.2) is 24.3 Å². The molecule has 0 aliphatic carbocycles. The number of hydrogen-bond donors (Lipinski definition) is 2. The van der Waals surface area contributed by atoms with E-state index in [1.807, 2.05) is 24.3 Å². The van der Waals surface area contributed by atoms with Crippen LogP contribution in [0.2, 0.25) is 5.02 Å². The lowest BCUT2D eigenvalue weighted by atomic mass is 10.1. The Morgan fingerprint density at radius 1 is 1.36 bits per heavy atom. The van der Waals surface area contributed by atoms with Crippen molar-refractivity contribution in [3.63, 3.8) is 0 Å². The van der Waals surface area contributed by atoms with Gasteiger partial charge in [-0.25, -0.2) is 0 Å². The molecule has 0 aliphatic rings. The largest absolute Gasteiger partial charge is 0.394 e. The zero-order chi connectivity index (χ0) is 10.6. The highest BCUT2D eigenvalue weighted by molar-refractivity contribution is 6.33. The summed E-state index contributed by atoms with van der Waals surface area (Å²) in [6.07, 6.45) is 0. The minimum Gasteiger partial charge on any atom is -0.394 e. The molecule has 2 N–H and O–H groups in total. The summed E-state index contributed by atoms with van der Waals surface area (Å²) in [5, 5.41) is 13.0. The second kappa shape index (κ2) is 5.23. The molecule has 0 radical (unpaired) electrons. The molecular weight excluding hydrogens is 198 g/mol. The fraction of sp³-hybridized carbons (Fsp3) is 0.455. The van der Waals surface area contributed by atoms with Crippen LogP contribution in [0.5, 0.6) is 0 Å². The van der Waals surface area contributed by atoms with Gasteiger partial charge in [0, 0.05) is 0 Å². The quantitative estimate of drug-likeness (QED) is 0.806. The summed E-state index contributed by atoms with van der Waals surface area (Å²) in [7, 11) is 0. The summed E-state index contributed by atoms with van der Waals surface area (Å²) >= 11 is 5.99. The molecular formula is C11H16ClNO. The molecule has 78 valence electrons. The van der Waals surface area contributed by atoms with Gasteiger partial charge in [0.25, 0.3) is 0 Å². The Bertz CT molecular complexity index is 288. The van der Waals surface area contributed by atoms with Gasteiger partial charge in [0.15, 0.2) is 0 Å². The minimum absolute atomic E-state index is 0.0508. The van der Waals surface area contributed by atoms with E-state index in [9.17, 15) is 0 Å². The predicted octanol–water partition coefficient (Wildman–Crippen LogP) is 2.77. The van der Waals surface area contributed by atoms with E-state index in [1.54, 1.807) is 0 Å². The first-order valence-corrected chi connectivity index (χ1v) is 5.15. The molecule has 1 unspecified atom stereocenters. The highest BCUT2D eigenvalue weighted by Gasteiger charge is 2.12. The first-order valence-electron chi connectivity index (χ1n) is 4.77. The number of hydrogen-bond acceptors (Lipinski definition) is 2. The lowest BCUT2D eigenvalue weighted by molar-refractivity contribution is 0.249. The molecule has 0 aliphatic heterocycles. The van der Waals surface area contributed by atoms with Gasteiger partial charge in [-0.15, -0.1) is 0 Å². The van der Waals surface area contributed by atoms with Gasteiger partial charge in [0.1, 0.15) is 0 Å². The van der Waals surface area contributed by atoms with Crippen LogP contribution in [0, 0.1) is 5.92 Å². The summed E-state index contributed by atoms with van der Waals surface area (Å²) in [5.41, 5.74) is 0.877. The number of benzene rings is 1. The topological polar surface area (TPSA) is 32.3 Å². The monoisotopic (exact) mass is 213 g/mol. The fourth-order valence-electron chi connectivity index (χ4n) is 1.20. The van der Waals surface area contributed by atoms with Crippen molar-refractivity contribution in [2.45, 2.75) is 19.9 Å². The summed E-state index contributed by atoms with van der Waals surface area (Å²) in [4.78, 5) is 0. The van der Waals surface area contributed by atoms with E-state index in [0.29, 0.717) is 10.9 Å². The van der Waals surface area contributed by atoms with E-state index in [-0.39, 0.29) is 12.6 Å². The molecule has 0 fully saturated rings. The van der Waals surface area contributed by atoms with E-state index >= 15 is 0 Å². The van der Waals surface area contributed by atoms with Crippen LogP contribution < -0.4 is 5.32 Å². The number of anilines is 1. The highest BCUT2D eigenvalue weighted by atomic mass is 35.5. The molecule has 0 bridgehead atoms. The number of aliphatic hydroxyl groups is 1. The normalized spacial score (nSPS) is 12.9. The predicted molar refractivity (Wildman–Crippen MR) is 60.8 cm³/mol. The summed E-state index contributed by atoms with van der Waals surface area (Å²) < 4.78 is 0. The third-order valence-corrected chi connectivity index (χ3v) is 2.55. The number of rotatable bonds is 4.